The first-order valence-corrected chi connectivity index (χ1v) is 9.11. The normalized spacial score (nSPS) is 12.5. The molecule has 136 valence electrons. The third-order valence-electron chi connectivity index (χ3n) is 4.26. The highest BCUT2D eigenvalue weighted by molar-refractivity contribution is 8.00. The summed E-state index contributed by atoms with van der Waals surface area (Å²) in [5, 5.41) is 1.08. The van der Waals surface area contributed by atoms with Crippen LogP contribution in [0.15, 0.2) is 38.9 Å². The Hall–Kier alpha value is -2.48. The lowest BCUT2D eigenvalue weighted by Gasteiger charge is -2.14. The Morgan fingerprint density at radius 3 is 2.38 bits per heavy atom. The van der Waals surface area contributed by atoms with Crippen molar-refractivity contribution in [3.63, 3.8) is 0 Å². The molecule has 26 heavy (non-hydrogen) atoms. The van der Waals surface area contributed by atoms with E-state index in [-0.39, 0.29) is 16.7 Å². The predicted octanol–water partition coefficient (Wildman–Crippen LogP) is 2.72. The summed E-state index contributed by atoms with van der Waals surface area (Å²) in [5.41, 5.74) is 0.0240. The Morgan fingerprint density at radius 2 is 1.77 bits per heavy atom. The maximum Gasteiger partial charge on any atom is 0.332 e. The Morgan fingerprint density at radius 1 is 1.12 bits per heavy atom. The maximum atomic E-state index is 13.2. The molecule has 0 fully saturated rings. The molecular weight excluding hydrogens is 355 g/mol. The van der Waals surface area contributed by atoms with Crippen LogP contribution in [0.1, 0.15) is 20.3 Å². The molecule has 0 N–H and O–H groups in total. The summed E-state index contributed by atoms with van der Waals surface area (Å²) in [6.45, 7) is 4.10. The lowest BCUT2D eigenvalue weighted by molar-refractivity contribution is 0.628. The van der Waals surface area contributed by atoms with Crippen molar-refractivity contribution in [2.75, 3.05) is 0 Å². The molecule has 2 heterocycles. The summed E-state index contributed by atoms with van der Waals surface area (Å²) in [6, 6.07) is 5.81. The second-order valence-electron chi connectivity index (χ2n) is 6.10. The average molecular weight is 374 g/mol. The van der Waals surface area contributed by atoms with Crippen molar-refractivity contribution in [2.24, 2.45) is 14.1 Å². The van der Waals surface area contributed by atoms with Gasteiger partial charge in [-0.3, -0.25) is 13.9 Å². The quantitative estimate of drug-likeness (QED) is 0.519. The van der Waals surface area contributed by atoms with E-state index in [9.17, 15) is 14.0 Å². The molecule has 0 aliphatic carbocycles. The number of benzene rings is 1. The molecule has 1 aromatic carbocycles. The van der Waals surface area contributed by atoms with E-state index < -0.39 is 11.2 Å². The Bertz CT molecular complexity index is 1090. The number of hydrogen-bond donors (Lipinski definition) is 0. The van der Waals surface area contributed by atoms with E-state index >= 15 is 0 Å². The van der Waals surface area contributed by atoms with Crippen LogP contribution < -0.4 is 11.2 Å². The van der Waals surface area contributed by atoms with Gasteiger partial charge in [0.1, 0.15) is 16.2 Å². The molecule has 3 aromatic rings. The minimum atomic E-state index is -0.453. The highest BCUT2D eigenvalue weighted by atomic mass is 32.2. The number of hydrogen-bond acceptors (Lipinski definition) is 5. The van der Waals surface area contributed by atoms with Crippen LogP contribution in [0.5, 0.6) is 0 Å². The van der Waals surface area contributed by atoms with Crippen LogP contribution in [0.25, 0.3) is 22.4 Å². The van der Waals surface area contributed by atoms with E-state index in [0.29, 0.717) is 21.8 Å². The summed E-state index contributed by atoms with van der Waals surface area (Å²) in [4.78, 5) is 34.0. The first-order valence-electron chi connectivity index (χ1n) is 8.23. The van der Waals surface area contributed by atoms with Crippen LogP contribution in [-0.2, 0) is 14.1 Å². The molecule has 3 rings (SSSR count). The number of halogens is 1. The number of aromatic nitrogens is 4. The number of fused-ring (bicyclic) bond motifs is 1. The molecule has 0 saturated heterocycles. The highest BCUT2D eigenvalue weighted by Crippen LogP contribution is 2.29. The molecule has 0 saturated carbocycles. The molecule has 1 unspecified atom stereocenters. The molecule has 0 spiro atoms. The molecule has 0 bridgehead atoms. The van der Waals surface area contributed by atoms with Gasteiger partial charge in [0.2, 0.25) is 0 Å². The predicted molar refractivity (Wildman–Crippen MR) is 101 cm³/mol. The molecule has 8 heteroatoms. The van der Waals surface area contributed by atoms with Crippen molar-refractivity contribution in [2.45, 2.75) is 30.5 Å². The number of thioether (sulfide) groups is 1. The van der Waals surface area contributed by atoms with Crippen molar-refractivity contribution in [1.29, 1.82) is 0 Å². The monoisotopic (exact) mass is 374 g/mol. The van der Waals surface area contributed by atoms with E-state index in [1.807, 2.05) is 6.92 Å². The highest BCUT2D eigenvalue weighted by Gasteiger charge is 2.19. The van der Waals surface area contributed by atoms with E-state index in [4.69, 9.17) is 0 Å². The minimum Gasteiger partial charge on any atom is -0.280 e. The first-order chi connectivity index (χ1) is 12.3. The summed E-state index contributed by atoms with van der Waals surface area (Å²) >= 11 is 1.47. The molecule has 6 nitrogen and oxygen atoms in total. The molecule has 0 aliphatic rings. The molecule has 0 radical (unpaired) electrons. The zero-order chi connectivity index (χ0) is 19.0. The summed E-state index contributed by atoms with van der Waals surface area (Å²) in [5.74, 6) is -0.00318. The van der Waals surface area contributed by atoms with Gasteiger partial charge < -0.3 is 0 Å². The van der Waals surface area contributed by atoms with Gasteiger partial charge in [0.25, 0.3) is 5.56 Å². The standard InChI is InChI=1S/C18H19FN4O2S/c1-5-10(2)26-16-13-15(22(3)18(25)23(4)17(13)24)20-14(21-16)11-6-8-12(19)9-7-11/h6-10H,5H2,1-4H3. The van der Waals surface area contributed by atoms with Crippen molar-refractivity contribution < 1.29 is 4.39 Å². The number of nitrogens with zero attached hydrogens (tertiary/aromatic N) is 4. The molecule has 1 atom stereocenters. The Balaban J connectivity index is 2.37. The molecule has 0 amide bonds. The summed E-state index contributed by atoms with van der Waals surface area (Å²) in [7, 11) is 3.01. The second kappa shape index (κ2) is 7.03. The summed E-state index contributed by atoms with van der Waals surface area (Å²) in [6.07, 6.45) is 0.897. The maximum absolute atomic E-state index is 13.2. The van der Waals surface area contributed by atoms with Crippen LogP contribution in [-0.4, -0.2) is 24.4 Å². The van der Waals surface area contributed by atoms with Crippen molar-refractivity contribution in [3.05, 3.63) is 50.9 Å². The van der Waals surface area contributed by atoms with Gasteiger partial charge in [0.15, 0.2) is 11.5 Å². The zero-order valence-corrected chi connectivity index (χ0v) is 15.8. The van der Waals surface area contributed by atoms with Crippen molar-refractivity contribution >= 4 is 22.8 Å². The molecular formula is C18H19FN4O2S. The summed E-state index contributed by atoms with van der Waals surface area (Å²) < 4.78 is 15.6. The third-order valence-corrected chi connectivity index (χ3v) is 5.51. The van der Waals surface area contributed by atoms with Gasteiger partial charge >= 0.3 is 5.69 Å². The molecule has 0 aliphatic heterocycles. The second-order valence-corrected chi connectivity index (χ2v) is 7.53. The first kappa shape index (κ1) is 18.3. The smallest absolute Gasteiger partial charge is 0.280 e. The van der Waals surface area contributed by atoms with Gasteiger partial charge in [0, 0.05) is 24.9 Å². The third kappa shape index (κ3) is 3.16. The average Bonchev–Trinajstić information content (AvgIpc) is 2.64. The SMILES string of the molecule is CCC(C)Sc1nc(-c2ccc(F)cc2)nc2c1c(=O)n(C)c(=O)n2C. The fourth-order valence-corrected chi connectivity index (χ4v) is 3.50. The van der Waals surface area contributed by atoms with Gasteiger partial charge in [0.05, 0.1) is 0 Å². The Labute approximate surface area is 153 Å². The fraction of sp³-hybridized carbons (Fsp3) is 0.333. The van der Waals surface area contributed by atoms with Crippen LogP contribution in [0.2, 0.25) is 0 Å². The van der Waals surface area contributed by atoms with Crippen LogP contribution >= 0.6 is 11.8 Å². The van der Waals surface area contributed by atoms with Gasteiger partial charge in [-0.15, -0.1) is 11.8 Å². The van der Waals surface area contributed by atoms with Gasteiger partial charge in [-0.1, -0.05) is 13.8 Å². The zero-order valence-electron chi connectivity index (χ0n) is 15.0. The van der Waals surface area contributed by atoms with Crippen LogP contribution in [0.4, 0.5) is 4.39 Å². The van der Waals surface area contributed by atoms with Gasteiger partial charge in [-0.25, -0.2) is 19.2 Å². The van der Waals surface area contributed by atoms with E-state index in [1.165, 1.54) is 35.5 Å². The van der Waals surface area contributed by atoms with Crippen molar-refractivity contribution in [1.82, 2.24) is 19.1 Å². The van der Waals surface area contributed by atoms with Crippen LogP contribution in [0.3, 0.4) is 0 Å². The van der Waals surface area contributed by atoms with Gasteiger partial charge in [-0.2, -0.15) is 0 Å². The van der Waals surface area contributed by atoms with Gasteiger partial charge in [-0.05, 0) is 30.7 Å². The minimum absolute atomic E-state index is 0.233. The Kier molecular flexibility index (Phi) is 4.95. The number of rotatable bonds is 4. The lowest BCUT2D eigenvalue weighted by Crippen LogP contribution is -2.37. The number of aryl methyl sites for hydroxylation is 1. The van der Waals surface area contributed by atoms with Crippen molar-refractivity contribution in [3.8, 4) is 11.4 Å². The van der Waals surface area contributed by atoms with E-state index in [1.54, 1.807) is 19.2 Å². The van der Waals surface area contributed by atoms with E-state index in [2.05, 4.69) is 16.9 Å². The topological polar surface area (TPSA) is 69.8 Å². The van der Waals surface area contributed by atoms with Crippen LogP contribution in [0, 0.1) is 5.82 Å². The largest absolute Gasteiger partial charge is 0.332 e. The molecule has 2 aromatic heterocycles. The fourth-order valence-electron chi connectivity index (χ4n) is 2.52. The van der Waals surface area contributed by atoms with E-state index in [0.717, 1.165) is 11.0 Å². The lowest BCUT2D eigenvalue weighted by atomic mass is 10.2.